The topological polar surface area (TPSA) is 75.9 Å². The predicted octanol–water partition coefficient (Wildman–Crippen LogP) is 2.23. The smallest absolute Gasteiger partial charge is 0.366 e. The lowest BCUT2D eigenvalue weighted by Crippen LogP contribution is -2.22. The van der Waals surface area contributed by atoms with Crippen molar-refractivity contribution in [1.82, 2.24) is 20.4 Å². The summed E-state index contributed by atoms with van der Waals surface area (Å²) < 4.78 is 41.7. The van der Waals surface area contributed by atoms with Crippen LogP contribution in [-0.2, 0) is 6.18 Å². The largest absolute Gasteiger partial charge is 0.471 e. The number of hydrogen-bond acceptors (Lipinski definition) is 6. The fourth-order valence-electron chi connectivity index (χ4n) is 2.31. The SMILES string of the molecule is Cc1nc(N[C@H]2CCNC2)ccc1-c1noc(C(F)(F)F)n1. The highest BCUT2D eigenvalue weighted by atomic mass is 19.4. The molecule has 2 N–H and O–H groups in total. The second-order valence-electron chi connectivity index (χ2n) is 5.08. The van der Waals surface area contributed by atoms with E-state index in [1.54, 1.807) is 19.1 Å². The Bertz CT molecular complexity index is 664. The highest BCUT2D eigenvalue weighted by Gasteiger charge is 2.38. The molecule has 0 radical (unpaired) electrons. The third kappa shape index (κ3) is 3.03. The van der Waals surface area contributed by atoms with Gasteiger partial charge in [-0.2, -0.15) is 18.2 Å². The van der Waals surface area contributed by atoms with Crippen LogP contribution < -0.4 is 10.6 Å². The van der Waals surface area contributed by atoms with Crippen LogP contribution in [0.4, 0.5) is 19.0 Å². The molecule has 2 aromatic heterocycles. The number of anilines is 1. The van der Waals surface area contributed by atoms with Gasteiger partial charge in [-0.15, -0.1) is 0 Å². The molecule has 1 saturated heterocycles. The van der Waals surface area contributed by atoms with E-state index >= 15 is 0 Å². The van der Waals surface area contributed by atoms with E-state index in [-0.39, 0.29) is 5.82 Å². The Hall–Kier alpha value is -2.16. The van der Waals surface area contributed by atoms with E-state index in [0.29, 0.717) is 23.1 Å². The molecule has 1 fully saturated rings. The Kier molecular flexibility index (Phi) is 3.73. The van der Waals surface area contributed by atoms with Gasteiger partial charge in [-0.1, -0.05) is 5.16 Å². The Labute approximate surface area is 124 Å². The molecule has 1 aliphatic heterocycles. The van der Waals surface area contributed by atoms with E-state index in [1.165, 1.54) is 0 Å². The maximum atomic E-state index is 12.5. The summed E-state index contributed by atoms with van der Waals surface area (Å²) in [5, 5.41) is 9.87. The third-order valence-electron chi connectivity index (χ3n) is 3.41. The normalized spacial score (nSPS) is 18.6. The number of nitrogens with zero attached hydrogens (tertiary/aromatic N) is 3. The maximum absolute atomic E-state index is 12.5. The first-order chi connectivity index (χ1) is 10.4. The summed E-state index contributed by atoms with van der Waals surface area (Å²) in [6.45, 7) is 3.51. The van der Waals surface area contributed by atoms with E-state index < -0.39 is 12.1 Å². The van der Waals surface area contributed by atoms with Crippen molar-refractivity contribution in [2.75, 3.05) is 18.4 Å². The van der Waals surface area contributed by atoms with E-state index in [1.807, 2.05) is 0 Å². The minimum atomic E-state index is -4.65. The van der Waals surface area contributed by atoms with Crippen LogP contribution in [-0.4, -0.2) is 34.3 Å². The lowest BCUT2D eigenvalue weighted by molar-refractivity contribution is -0.159. The van der Waals surface area contributed by atoms with Crippen molar-refractivity contribution >= 4 is 5.82 Å². The van der Waals surface area contributed by atoms with Crippen LogP contribution >= 0.6 is 0 Å². The van der Waals surface area contributed by atoms with Crippen LogP contribution in [0.15, 0.2) is 16.7 Å². The minimum Gasteiger partial charge on any atom is -0.366 e. The summed E-state index contributed by atoms with van der Waals surface area (Å²) in [7, 11) is 0. The van der Waals surface area contributed by atoms with Crippen molar-refractivity contribution in [1.29, 1.82) is 0 Å². The van der Waals surface area contributed by atoms with Gasteiger partial charge in [0.15, 0.2) is 0 Å². The molecule has 0 amide bonds. The molecule has 22 heavy (non-hydrogen) atoms. The molecule has 0 unspecified atom stereocenters. The summed E-state index contributed by atoms with van der Waals surface area (Å²) in [6.07, 6.45) is -3.65. The summed E-state index contributed by atoms with van der Waals surface area (Å²) in [5.74, 6) is -0.804. The van der Waals surface area contributed by atoms with Gasteiger partial charge in [-0.05, 0) is 32.0 Å². The molecule has 0 aromatic carbocycles. The fraction of sp³-hybridized carbons (Fsp3) is 0.462. The Morgan fingerprint density at radius 1 is 1.32 bits per heavy atom. The molecule has 0 spiro atoms. The number of halogens is 3. The lowest BCUT2D eigenvalue weighted by Gasteiger charge is -2.13. The summed E-state index contributed by atoms with van der Waals surface area (Å²) in [5.41, 5.74) is 0.944. The highest BCUT2D eigenvalue weighted by Crippen LogP contribution is 2.30. The number of pyridine rings is 1. The first-order valence-electron chi connectivity index (χ1n) is 6.79. The summed E-state index contributed by atoms with van der Waals surface area (Å²) >= 11 is 0. The van der Waals surface area contributed by atoms with Crippen LogP contribution in [0.1, 0.15) is 18.0 Å². The van der Waals surface area contributed by atoms with Gasteiger partial charge in [0.1, 0.15) is 5.82 Å². The van der Waals surface area contributed by atoms with Crippen LogP contribution in [0.2, 0.25) is 0 Å². The van der Waals surface area contributed by atoms with Gasteiger partial charge in [0.2, 0.25) is 5.82 Å². The molecule has 1 aliphatic rings. The van der Waals surface area contributed by atoms with E-state index in [4.69, 9.17) is 0 Å². The second-order valence-corrected chi connectivity index (χ2v) is 5.08. The highest BCUT2D eigenvalue weighted by molar-refractivity contribution is 5.60. The maximum Gasteiger partial charge on any atom is 0.471 e. The zero-order chi connectivity index (χ0) is 15.7. The Morgan fingerprint density at radius 2 is 2.14 bits per heavy atom. The first-order valence-corrected chi connectivity index (χ1v) is 6.79. The van der Waals surface area contributed by atoms with Crippen molar-refractivity contribution in [3.8, 4) is 11.4 Å². The van der Waals surface area contributed by atoms with Crippen molar-refractivity contribution < 1.29 is 17.7 Å². The molecular formula is C13H14F3N5O. The standard InChI is InChI=1S/C13H14F3N5O/c1-7-9(11-20-12(22-21-11)13(14,15)16)2-3-10(18-7)19-8-4-5-17-6-8/h2-3,8,17H,4-6H2,1H3,(H,18,19)/t8-/m0/s1. The Morgan fingerprint density at radius 3 is 2.73 bits per heavy atom. The molecule has 1 atom stereocenters. The molecular weight excluding hydrogens is 299 g/mol. The minimum absolute atomic E-state index is 0.119. The van der Waals surface area contributed by atoms with Crippen molar-refractivity contribution in [3.63, 3.8) is 0 Å². The van der Waals surface area contributed by atoms with Crippen LogP contribution in [0.5, 0.6) is 0 Å². The molecule has 0 bridgehead atoms. The monoisotopic (exact) mass is 313 g/mol. The Balaban J connectivity index is 1.81. The van der Waals surface area contributed by atoms with Gasteiger partial charge in [0.25, 0.3) is 0 Å². The van der Waals surface area contributed by atoms with E-state index in [2.05, 4.69) is 30.3 Å². The molecule has 6 nitrogen and oxygen atoms in total. The summed E-state index contributed by atoms with van der Waals surface area (Å²) in [4.78, 5) is 7.71. The van der Waals surface area contributed by atoms with Gasteiger partial charge < -0.3 is 15.2 Å². The van der Waals surface area contributed by atoms with Crippen molar-refractivity contribution in [2.24, 2.45) is 0 Å². The van der Waals surface area contributed by atoms with Gasteiger partial charge in [-0.25, -0.2) is 4.98 Å². The summed E-state index contributed by atoms with van der Waals surface area (Å²) in [6, 6.07) is 3.64. The third-order valence-corrected chi connectivity index (χ3v) is 3.41. The first kappa shape index (κ1) is 14.8. The van der Waals surface area contributed by atoms with E-state index in [9.17, 15) is 13.2 Å². The zero-order valence-corrected chi connectivity index (χ0v) is 11.7. The zero-order valence-electron chi connectivity index (χ0n) is 11.7. The fourth-order valence-corrected chi connectivity index (χ4v) is 2.31. The molecule has 2 aromatic rings. The molecule has 3 heterocycles. The van der Waals surface area contributed by atoms with Gasteiger partial charge >= 0.3 is 12.1 Å². The molecule has 3 rings (SSSR count). The average Bonchev–Trinajstić information content (AvgIpc) is 3.08. The van der Waals surface area contributed by atoms with Crippen LogP contribution in [0.25, 0.3) is 11.4 Å². The molecule has 0 aliphatic carbocycles. The second kappa shape index (κ2) is 5.56. The number of aryl methyl sites for hydroxylation is 1. The van der Waals surface area contributed by atoms with Gasteiger partial charge in [-0.3, -0.25) is 0 Å². The molecule has 118 valence electrons. The quantitative estimate of drug-likeness (QED) is 0.905. The number of rotatable bonds is 3. The van der Waals surface area contributed by atoms with Gasteiger partial charge in [0.05, 0.1) is 5.69 Å². The van der Waals surface area contributed by atoms with Crippen molar-refractivity contribution in [3.05, 3.63) is 23.7 Å². The number of nitrogens with one attached hydrogen (secondary N) is 2. The van der Waals surface area contributed by atoms with Crippen molar-refractivity contribution in [2.45, 2.75) is 25.6 Å². The van der Waals surface area contributed by atoms with E-state index in [0.717, 1.165) is 19.5 Å². The molecule has 9 heteroatoms. The number of aromatic nitrogens is 3. The lowest BCUT2D eigenvalue weighted by atomic mass is 10.2. The predicted molar refractivity (Wildman–Crippen MR) is 72.2 cm³/mol. The van der Waals surface area contributed by atoms with Crippen LogP contribution in [0.3, 0.4) is 0 Å². The van der Waals surface area contributed by atoms with Gasteiger partial charge in [0, 0.05) is 18.2 Å². The number of alkyl halides is 3. The van der Waals surface area contributed by atoms with Crippen LogP contribution in [0, 0.1) is 6.92 Å². The number of hydrogen-bond donors (Lipinski definition) is 2. The average molecular weight is 313 g/mol. The molecule has 0 saturated carbocycles.